The Morgan fingerprint density at radius 2 is 1.39 bits per heavy atom. The lowest BCUT2D eigenvalue weighted by molar-refractivity contribution is 0.0247. The normalized spacial score (nSPS) is 18.2. The van der Waals surface area contributed by atoms with Gasteiger partial charge in [-0.1, -0.05) is 86.6 Å². The van der Waals surface area contributed by atoms with Crippen molar-refractivity contribution in [1.82, 2.24) is 4.90 Å². The molecule has 1 aliphatic rings. The van der Waals surface area contributed by atoms with Gasteiger partial charge in [-0.3, -0.25) is 4.90 Å². The molecule has 0 saturated heterocycles. The van der Waals surface area contributed by atoms with Crippen molar-refractivity contribution in [3.05, 3.63) is 107 Å². The first kappa shape index (κ1) is 18.5. The molecule has 1 heterocycles. The molecule has 0 N–H and O–H groups in total. The summed E-state index contributed by atoms with van der Waals surface area (Å²) in [6.07, 6.45) is 0. The van der Waals surface area contributed by atoms with Crippen molar-refractivity contribution in [2.45, 2.75) is 26.0 Å². The van der Waals surface area contributed by atoms with Crippen molar-refractivity contribution in [3.63, 3.8) is 0 Å². The molecule has 0 saturated carbocycles. The minimum absolute atomic E-state index is 0.267. The van der Waals surface area contributed by atoms with Crippen molar-refractivity contribution in [3.8, 4) is 0 Å². The van der Waals surface area contributed by atoms with Crippen LogP contribution < -0.4 is 0 Å². The number of rotatable bonds is 6. The van der Waals surface area contributed by atoms with Crippen LogP contribution in [0.4, 0.5) is 0 Å². The second kappa shape index (κ2) is 7.61. The van der Waals surface area contributed by atoms with Gasteiger partial charge in [-0.15, -0.1) is 0 Å². The van der Waals surface area contributed by atoms with Crippen molar-refractivity contribution < 1.29 is 9.53 Å². The molecule has 3 aromatic carbocycles. The van der Waals surface area contributed by atoms with E-state index in [4.69, 9.17) is 4.74 Å². The molecule has 1 aliphatic heterocycles. The molecule has 142 valence electrons. The number of benzene rings is 3. The number of carbonyl (C=O) groups is 1. The molecule has 3 aromatic rings. The Morgan fingerprint density at radius 3 is 2.11 bits per heavy atom. The molecule has 4 rings (SSSR count). The van der Waals surface area contributed by atoms with E-state index in [9.17, 15) is 4.79 Å². The third-order valence-electron chi connectivity index (χ3n) is 5.64. The van der Waals surface area contributed by atoms with Crippen LogP contribution >= 0.6 is 0 Å². The highest BCUT2D eigenvalue weighted by Gasteiger charge is 2.49. The predicted molar refractivity (Wildman–Crippen MR) is 111 cm³/mol. The number of esters is 1. The van der Waals surface area contributed by atoms with E-state index < -0.39 is 5.60 Å². The standard InChI is InChI=1S/C25H25NO2/c1-3-26(4-2)18-19-12-8-10-16-22(19)25(20-13-6-5-7-14-20)23-17-11-9-15-21(23)24(27)28-25/h5-17H,3-4,18H2,1-2H3. The van der Waals surface area contributed by atoms with E-state index in [0.717, 1.165) is 36.3 Å². The van der Waals surface area contributed by atoms with Gasteiger partial charge in [-0.2, -0.15) is 0 Å². The highest BCUT2D eigenvalue weighted by atomic mass is 16.6. The number of nitrogens with zero attached hydrogens (tertiary/aromatic N) is 1. The summed E-state index contributed by atoms with van der Waals surface area (Å²) in [4.78, 5) is 15.2. The molecule has 0 radical (unpaired) electrons. The zero-order valence-electron chi connectivity index (χ0n) is 16.4. The molecule has 0 amide bonds. The second-order valence-electron chi connectivity index (χ2n) is 7.10. The molecule has 28 heavy (non-hydrogen) atoms. The number of hydrogen-bond donors (Lipinski definition) is 0. The van der Waals surface area contributed by atoms with Gasteiger partial charge in [-0.25, -0.2) is 4.79 Å². The SMILES string of the molecule is CCN(CC)Cc1ccccc1C1(c2ccccc2)OC(=O)c2ccccc21. The van der Waals surface area contributed by atoms with Crippen LogP contribution in [0.1, 0.15) is 46.5 Å². The fraction of sp³-hybridized carbons (Fsp3) is 0.240. The molecule has 0 aromatic heterocycles. The van der Waals surface area contributed by atoms with Gasteiger partial charge in [0.15, 0.2) is 5.60 Å². The quantitative estimate of drug-likeness (QED) is 0.572. The van der Waals surface area contributed by atoms with Gasteiger partial charge in [0, 0.05) is 23.2 Å². The highest BCUT2D eigenvalue weighted by molar-refractivity contribution is 5.96. The number of ether oxygens (including phenoxy) is 1. The van der Waals surface area contributed by atoms with Crippen LogP contribution in [0.3, 0.4) is 0 Å². The third-order valence-corrected chi connectivity index (χ3v) is 5.64. The van der Waals surface area contributed by atoms with E-state index in [2.05, 4.69) is 36.9 Å². The smallest absolute Gasteiger partial charge is 0.340 e. The zero-order valence-corrected chi connectivity index (χ0v) is 16.4. The Kier molecular flexibility index (Phi) is 5.01. The number of cyclic esters (lactones) is 1. The minimum atomic E-state index is -0.918. The van der Waals surface area contributed by atoms with Gasteiger partial charge in [0.1, 0.15) is 0 Å². The third kappa shape index (κ3) is 2.92. The van der Waals surface area contributed by atoms with Gasteiger partial charge in [0.2, 0.25) is 0 Å². The first-order chi connectivity index (χ1) is 13.7. The van der Waals surface area contributed by atoms with E-state index >= 15 is 0 Å². The summed E-state index contributed by atoms with van der Waals surface area (Å²) in [5.74, 6) is -0.267. The molecule has 1 unspecified atom stereocenters. The van der Waals surface area contributed by atoms with Crippen molar-refractivity contribution >= 4 is 5.97 Å². The number of fused-ring (bicyclic) bond motifs is 1. The van der Waals surface area contributed by atoms with Crippen LogP contribution in [0.2, 0.25) is 0 Å². The van der Waals surface area contributed by atoms with Gasteiger partial charge >= 0.3 is 5.97 Å². The topological polar surface area (TPSA) is 29.5 Å². The summed E-state index contributed by atoms with van der Waals surface area (Å²) in [6, 6.07) is 26.1. The van der Waals surface area contributed by atoms with Crippen molar-refractivity contribution in [2.24, 2.45) is 0 Å². The summed E-state index contributed by atoms with van der Waals surface area (Å²) in [5, 5.41) is 0. The monoisotopic (exact) mass is 371 g/mol. The molecule has 0 bridgehead atoms. The largest absolute Gasteiger partial charge is 0.441 e. The lowest BCUT2D eigenvalue weighted by Gasteiger charge is -2.33. The Labute approximate surface area is 166 Å². The maximum absolute atomic E-state index is 12.8. The Balaban J connectivity index is 1.97. The zero-order chi connectivity index (χ0) is 19.6. The highest BCUT2D eigenvalue weighted by Crippen LogP contribution is 2.48. The summed E-state index contributed by atoms with van der Waals surface area (Å²) in [5.41, 5.74) is 3.83. The Morgan fingerprint density at radius 1 is 0.786 bits per heavy atom. The van der Waals surface area contributed by atoms with Crippen molar-refractivity contribution in [2.75, 3.05) is 13.1 Å². The summed E-state index contributed by atoms with van der Waals surface area (Å²) in [6.45, 7) is 7.10. The number of hydrogen-bond acceptors (Lipinski definition) is 3. The molecule has 3 heteroatoms. The maximum atomic E-state index is 12.8. The summed E-state index contributed by atoms with van der Waals surface area (Å²) >= 11 is 0. The van der Waals surface area contributed by atoms with Crippen LogP contribution in [0.15, 0.2) is 78.9 Å². The summed E-state index contributed by atoms with van der Waals surface area (Å²) in [7, 11) is 0. The minimum Gasteiger partial charge on any atom is -0.441 e. The predicted octanol–water partition coefficient (Wildman–Crippen LogP) is 4.99. The Bertz CT molecular complexity index is 979. The first-order valence-electron chi connectivity index (χ1n) is 9.89. The average molecular weight is 371 g/mol. The van der Waals surface area contributed by atoms with Crippen molar-refractivity contribution in [1.29, 1.82) is 0 Å². The van der Waals surface area contributed by atoms with Crippen LogP contribution in [0, 0.1) is 0 Å². The van der Waals surface area contributed by atoms with E-state index in [-0.39, 0.29) is 5.97 Å². The average Bonchev–Trinajstić information content (AvgIpc) is 3.06. The van der Waals surface area contributed by atoms with Gasteiger partial charge in [-0.05, 0) is 24.7 Å². The maximum Gasteiger partial charge on any atom is 0.340 e. The van der Waals surface area contributed by atoms with E-state index in [1.807, 2.05) is 60.7 Å². The molecule has 0 spiro atoms. The Hall–Kier alpha value is -2.91. The fourth-order valence-electron chi connectivity index (χ4n) is 4.15. The fourth-order valence-corrected chi connectivity index (χ4v) is 4.15. The van der Waals surface area contributed by atoms with Gasteiger partial charge in [0.05, 0.1) is 5.56 Å². The summed E-state index contributed by atoms with van der Waals surface area (Å²) < 4.78 is 6.22. The van der Waals surface area contributed by atoms with Gasteiger partial charge in [0.25, 0.3) is 0 Å². The molecule has 0 aliphatic carbocycles. The molecular weight excluding hydrogens is 346 g/mol. The van der Waals surface area contributed by atoms with E-state index in [0.29, 0.717) is 5.56 Å². The lowest BCUT2D eigenvalue weighted by Crippen LogP contribution is -2.32. The van der Waals surface area contributed by atoms with Crippen LogP contribution in [-0.2, 0) is 16.9 Å². The number of carbonyl (C=O) groups excluding carboxylic acids is 1. The van der Waals surface area contributed by atoms with Crippen LogP contribution in [0.25, 0.3) is 0 Å². The molecule has 3 nitrogen and oxygen atoms in total. The lowest BCUT2D eigenvalue weighted by atomic mass is 9.78. The molecule has 0 fully saturated rings. The van der Waals surface area contributed by atoms with Crippen LogP contribution in [0.5, 0.6) is 0 Å². The second-order valence-corrected chi connectivity index (χ2v) is 7.10. The first-order valence-corrected chi connectivity index (χ1v) is 9.89. The van der Waals surface area contributed by atoms with E-state index in [1.165, 1.54) is 5.56 Å². The van der Waals surface area contributed by atoms with Crippen LogP contribution in [-0.4, -0.2) is 24.0 Å². The van der Waals surface area contributed by atoms with Gasteiger partial charge < -0.3 is 4.74 Å². The molecular formula is C25H25NO2. The van der Waals surface area contributed by atoms with E-state index in [1.54, 1.807) is 0 Å². The molecule has 1 atom stereocenters.